The standard InChI is InChI=1S/C15H12BrFOS/c1-10-5-2-3-8-14(10)19-9-13(18)11-6-4-7-12(16)15(11)17/h2-8H,9H2,1H3. The van der Waals surface area contributed by atoms with Crippen LogP contribution in [0.4, 0.5) is 4.39 Å². The fourth-order valence-corrected chi connectivity index (χ4v) is 2.94. The van der Waals surface area contributed by atoms with Crippen LogP contribution in [0.25, 0.3) is 0 Å². The van der Waals surface area contributed by atoms with Crippen molar-refractivity contribution in [3.8, 4) is 0 Å². The Hall–Kier alpha value is -1.13. The predicted molar refractivity (Wildman–Crippen MR) is 80.3 cm³/mol. The van der Waals surface area contributed by atoms with Crippen LogP contribution >= 0.6 is 27.7 Å². The van der Waals surface area contributed by atoms with Gasteiger partial charge in [-0.05, 0) is 46.6 Å². The molecule has 2 aromatic rings. The topological polar surface area (TPSA) is 17.1 Å². The summed E-state index contributed by atoms with van der Waals surface area (Å²) < 4.78 is 14.1. The summed E-state index contributed by atoms with van der Waals surface area (Å²) in [5, 5.41) is 0. The molecule has 98 valence electrons. The van der Waals surface area contributed by atoms with Gasteiger partial charge >= 0.3 is 0 Å². The van der Waals surface area contributed by atoms with Crippen molar-refractivity contribution in [3.63, 3.8) is 0 Å². The molecule has 0 amide bonds. The molecule has 0 N–H and O–H groups in total. The van der Waals surface area contributed by atoms with Gasteiger partial charge in [0.15, 0.2) is 5.78 Å². The Kier molecular flexibility index (Phi) is 4.77. The lowest BCUT2D eigenvalue weighted by Crippen LogP contribution is -2.05. The predicted octanol–water partition coefficient (Wildman–Crippen LogP) is 4.87. The van der Waals surface area contributed by atoms with E-state index in [0.29, 0.717) is 4.47 Å². The molecule has 1 nitrogen and oxygen atoms in total. The van der Waals surface area contributed by atoms with Crippen LogP contribution in [0.15, 0.2) is 51.8 Å². The van der Waals surface area contributed by atoms with Gasteiger partial charge in [-0.15, -0.1) is 11.8 Å². The first-order valence-electron chi connectivity index (χ1n) is 5.75. The van der Waals surface area contributed by atoms with E-state index < -0.39 is 5.82 Å². The molecular formula is C15H12BrFOS. The van der Waals surface area contributed by atoms with E-state index in [4.69, 9.17) is 0 Å². The van der Waals surface area contributed by atoms with Crippen molar-refractivity contribution in [2.24, 2.45) is 0 Å². The Labute approximate surface area is 124 Å². The molecule has 0 bridgehead atoms. The van der Waals surface area contributed by atoms with Crippen LogP contribution in [-0.4, -0.2) is 11.5 Å². The quantitative estimate of drug-likeness (QED) is 0.584. The number of carbonyl (C=O) groups excluding carboxylic acids is 1. The highest BCUT2D eigenvalue weighted by molar-refractivity contribution is 9.10. The van der Waals surface area contributed by atoms with E-state index in [1.807, 2.05) is 31.2 Å². The lowest BCUT2D eigenvalue weighted by Gasteiger charge is -2.06. The van der Waals surface area contributed by atoms with Gasteiger partial charge in [-0.1, -0.05) is 24.3 Å². The summed E-state index contributed by atoms with van der Waals surface area (Å²) in [6.07, 6.45) is 0. The third kappa shape index (κ3) is 3.45. The summed E-state index contributed by atoms with van der Waals surface area (Å²) >= 11 is 4.52. The SMILES string of the molecule is Cc1ccccc1SCC(=O)c1cccc(Br)c1F. The molecule has 0 aromatic heterocycles. The lowest BCUT2D eigenvalue weighted by atomic mass is 10.1. The van der Waals surface area contributed by atoms with Crippen LogP contribution in [0, 0.1) is 12.7 Å². The molecular weight excluding hydrogens is 327 g/mol. The number of thioether (sulfide) groups is 1. The van der Waals surface area contributed by atoms with Gasteiger partial charge in [0, 0.05) is 4.90 Å². The van der Waals surface area contributed by atoms with Gasteiger partial charge in [-0.2, -0.15) is 0 Å². The van der Waals surface area contributed by atoms with Crippen molar-refractivity contribution < 1.29 is 9.18 Å². The number of rotatable bonds is 4. The summed E-state index contributed by atoms with van der Waals surface area (Å²) in [6.45, 7) is 1.99. The van der Waals surface area contributed by atoms with Crippen LogP contribution in [0.3, 0.4) is 0 Å². The third-order valence-electron chi connectivity index (χ3n) is 2.70. The first-order valence-corrected chi connectivity index (χ1v) is 7.53. The van der Waals surface area contributed by atoms with Crippen LogP contribution < -0.4 is 0 Å². The van der Waals surface area contributed by atoms with Crippen molar-refractivity contribution in [3.05, 3.63) is 63.9 Å². The maximum atomic E-state index is 13.8. The molecule has 0 atom stereocenters. The van der Waals surface area contributed by atoms with E-state index >= 15 is 0 Å². The number of halogens is 2. The van der Waals surface area contributed by atoms with Gasteiger partial charge in [-0.3, -0.25) is 4.79 Å². The summed E-state index contributed by atoms with van der Waals surface area (Å²) in [7, 11) is 0. The average molecular weight is 339 g/mol. The van der Waals surface area contributed by atoms with Gasteiger partial charge in [0.2, 0.25) is 0 Å². The maximum absolute atomic E-state index is 13.8. The molecule has 0 aliphatic heterocycles. The Morgan fingerprint density at radius 1 is 1.21 bits per heavy atom. The first-order chi connectivity index (χ1) is 9.09. The number of Topliss-reactive ketones (excluding diaryl/α,β-unsaturated/α-hetero) is 1. The van der Waals surface area contributed by atoms with E-state index in [2.05, 4.69) is 15.9 Å². The van der Waals surface area contributed by atoms with E-state index in [-0.39, 0.29) is 17.1 Å². The minimum atomic E-state index is -0.488. The second-order valence-corrected chi connectivity index (χ2v) is 5.95. The zero-order valence-electron chi connectivity index (χ0n) is 10.3. The third-order valence-corrected chi connectivity index (χ3v) is 4.49. The molecule has 2 rings (SSSR count). The minimum absolute atomic E-state index is 0.135. The Morgan fingerprint density at radius 3 is 2.68 bits per heavy atom. The van der Waals surface area contributed by atoms with Crippen molar-refractivity contribution in [1.29, 1.82) is 0 Å². The number of aryl methyl sites for hydroxylation is 1. The van der Waals surface area contributed by atoms with Gasteiger partial charge in [0.1, 0.15) is 5.82 Å². The molecule has 0 unspecified atom stereocenters. The molecule has 4 heteroatoms. The molecule has 0 spiro atoms. The summed E-state index contributed by atoms with van der Waals surface area (Å²) in [4.78, 5) is 13.1. The van der Waals surface area contributed by atoms with Crippen LogP contribution in [-0.2, 0) is 0 Å². The molecule has 0 fully saturated rings. The molecule has 0 aliphatic rings. The molecule has 0 aliphatic carbocycles. The second kappa shape index (κ2) is 6.35. The zero-order valence-corrected chi connectivity index (χ0v) is 12.7. The van der Waals surface area contributed by atoms with Gasteiger partial charge in [0.25, 0.3) is 0 Å². The number of ketones is 1. The molecule has 0 saturated heterocycles. The van der Waals surface area contributed by atoms with Crippen molar-refractivity contribution in [2.75, 3.05) is 5.75 Å². The molecule has 2 aromatic carbocycles. The molecule has 0 radical (unpaired) electrons. The number of hydrogen-bond donors (Lipinski definition) is 0. The zero-order chi connectivity index (χ0) is 13.8. The highest BCUT2D eigenvalue weighted by Crippen LogP contribution is 2.24. The smallest absolute Gasteiger partial charge is 0.176 e. The fourth-order valence-electron chi connectivity index (χ4n) is 1.66. The van der Waals surface area contributed by atoms with Crippen molar-refractivity contribution in [2.45, 2.75) is 11.8 Å². The summed E-state index contributed by atoms with van der Waals surface area (Å²) in [5.74, 6) is -0.456. The van der Waals surface area contributed by atoms with Gasteiger partial charge in [0.05, 0.1) is 15.8 Å². The van der Waals surface area contributed by atoms with E-state index in [0.717, 1.165) is 10.5 Å². The largest absolute Gasteiger partial charge is 0.293 e. The Balaban J connectivity index is 2.10. The highest BCUT2D eigenvalue weighted by Gasteiger charge is 2.14. The van der Waals surface area contributed by atoms with Crippen molar-refractivity contribution >= 4 is 33.5 Å². The molecule has 0 heterocycles. The van der Waals surface area contributed by atoms with E-state index in [1.54, 1.807) is 12.1 Å². The minimum Gasteiger partial charge on any atom is -0.293 e. The maximum Gasteiger partial charge on any atom is 0.176 e. The van der Waals surface area contributed by atoms with E-state index in [9.17, 15) is 9.18 Å². The van der Waals surface area contributed by atoms with Gasteiger partial charge in [-0.25, -0.2) is 4.39 Å². The summed E-state index contributed by atoms with van der Waals surface area (Å²) in [6, 6.07) is 12.6. The lowest BCUT2D eigenvalue weighted by molar-refractivity contribution is 0.101. The monoisotopic (exact) mass is 338 g/mol. The summed E-state index contributed by atoms with van der Waals surface area (Å²) in [5.41, 5.74) is 1.26. The number of benzene rings is 2. The van der Waals surface area contributed by atoms with Gasteiger partial charge < -0.3 is 0 Å². The number of hydrogen-bond acceptors (Lipinski definition) is 2. The van der Waals surface area contributed by atoms with E-state index in [1.165, 1.54) is 17.8 Å². The van der Waals surface area contributed by atoms with Crippen LogP contribution in [0.1, 0.15) is 15.9 Å². The molecule has 19 heavy (non-hydrogen) atoms. The number of carbonyl (C=O) groups is 1. The average Bonchev–Trinajstić information content (AvgIpc) is 2.40. The Bertz CT molecular complexity index is 613. The van der Waals surface area contributed by atoms with Crippen LogP contribution in [0.2, 0.25) is 0 Å². The fraction of sp³-hybridized carbons (Fsp3) is 0.133. The highest BCUT2D eigenvalue weighted by atomic mass is 79.9. The Morgan fingerprint density at radius 2 is 1.95 bits per heavy atom. The second-order valence-electron chi connectivity index (χ2n) is 4.08. The molecule has 0 saturated carbocycles. The first kappa shape index (κ1) is 14.3. The normalized spacial score (nSPS) is 10.5. The van der Waals surface area contributed by atoms with Crippen LogP contribution in [0.5, 0.6) is 0 Å². The van der Waals surface area contributed by atoms with Crippen molar-refractivity contribution in [1.82, 2.24) is 0 Å².